The first-order valence-corrected chi connectivity index (χ1v) is 16.1. The molecule has 0 saturated carbocycles. The van der Waals surface area contributed by atoms with Crippen LogP contribution in [0.3, 0.4) is 0 Å². The summed E-state index contributed by atoms with van der Waals surface area (Å²) in [6, 6.07) is 0. The van der Waals surface area contributed by atoms with Gasteiger partial charge in [0.05, 0.1) is 63.9 Å². The molecule has 2 aliphatic heterocycles. The average Bonchev–Trinajstić information content (AvgIpc) is 3.58. The molecule has 0 saturated heterocycles. The number of unbranched alkanes of at least 4 members (excludes halogenated alkanes) is 9. The molecule has 4 heterocycles. The van der Waals surface area contributed by atoms with E-state index in [1.165, 1.54) is 109 Å². The van der Waals surface area contributed by atoms with Crippen molar-refractivity contribution in [1.82, 2.24) is 17.5 Å². The number of quaternary nitrogens is 2. The number of likely N-dealkylation sites (N-methyl/N-ethyl adjacent to an activating group) is 2. The largest absolute Gasteiger partial charge is 1.00 e. The molecule has 2 aromatic rings. The number of aromatic nitrogens is 4. The molecular weight excluding hydrogens is 587 g/mol. The van der Waals surface area contributed by atoms with Crippen molar-refractivity contribution < 1.29 is 44.1 Å². The van der Waals surface area contributed by atoms with Crippen molar-refractivity contribution in [2.75, 3.05) is 53.5 Å². The highest BCUT2D eigenvalue weighted by Gasteiger charge is 2.21. The van der Waals surface area contributed by atoms with E-state index >= 15 is 0 Å². The van der Waals surface area contributed by atoms with E-state index in [2.05, 4.69) is 43.7 Å². The van der Waals surface area contributed by atoms with Gasteiger partial charge in [-0.3, -0.25) is 0 Å². The van der Waals surface area contributed by atoms with Gasteiger partial charge in [0.1, 0.15) is 24.5 Å². The summed E-state index contributed by atoms with van der Waals surface area (Å²) >= 11 is 2.52. The van der Waals surface area contributed by atoms with Crippen molar-refractivity contribution in [1.29, 1.82) is 0 Å². The van der Waals surface area contributed by atoms with Crippen LogP contribution in [0.4, 0.5) is 0 Å². The van der Waals surface area contributed by atoms with Crippen LogP contribution in [0.15, 0.2) is 12.2 Å². The molecule has 0 aliphatic carbocycles. The van der Waals surface area contributed by atoms with Gasteiger partial charge in [0.15, 0.2) is 0 Å². The molecule has 0 radical (unpaired) electrons. The molecule has 226 valence electrons. The van der Waals surface area contributed by atoms with Crippen molar-refractivity contribution in [3.05, 3.63) is 23.5 Å². The topological polar surface area (TPSA) is 78.9 Å². The number of ether oxygens (including phenoxy) is 2. The molecule has 0 bridgehead atoms. The Morgan fingerprint density at radius 3 is 1.35 bits per heavy atom. The van der Waals surface area contributed by atoms with E-state index in [1.54, 1.807) is 0 Å². The van der Waals surface area contributed by atoms with Crippen molar-refractivity contribution in [3.8, 4) is 11.8 Å². The zero-order chi connectivity index (χ0) is 26.4. The van der Waals surface area contributed by atoms with Gasteiger partial charge in [-0.25, -0.2) is 0 Å². The molecular formula is C28H46Cl2N6O2S2. The standard InChI is InChI=1S/C28H44N6O2S2.2ClH/c1-33-17-13-15-23(21-33)25-27(31-37-29-25)35-19-11-9-7-5-3-4-6-8-10-12-20-36-28-26(30-38-32-28)24-16-14-18-34(2)22-24;;/h15-16H,3-14,17-22H2,1-2H3;2*1H. The van der Waals surface area contributed by atoms with Gasteiger partial charge >= 0.3 is 0 Å². The lowest BCUT2D eigenvalue weighted by Gasteiger charge is -2.19. The summed E-state index contributed by atoms with van der Waals surface area (Å²) in [4.78, 5) is 3.05. The summed E-state index contributed by atoms with van der Waals surface area (Å²) in [5.41, 5.74) is 4.52. The molecule has 2 aromatic heterocycles. The van der Waals surface area contributed by atoms with Crippen LogP contribution < -0.4 is 44.1 Å². The summed E-state index contributed by atoms with van der Waals surface area (Å²) in [5.74, 6) is 1.47. The van der Waals surface area contributed by atoms with E-state index in [0.29, 0.717) is 0 Å². The van der Waals surface area contributed by atoms with E-state index in [1.807, 2.05) is 0 Å². The molecule has 2 unspecified atom stereocenters. The first-order chi connectivity index (χ1) is 18.7. The maximum atomic E-state index is 5.99. The Morgan fingerprint density at radius 1 is 0.600 bits per heavy atom. The van der Waals surface area contributed by atoms with Gasteiger partial charge in [0.2, 0.25) is 0 Å². The zero-order valence-electron chi connectivity index (χ0n) is 24.1. The lowest BCUT2D eigenvalue weighted by Crippen LogP contribution is -3.09. The van der Waals surface area contributed by atoms with Crippen LogP contribution in [0.2, 0.25) is 0 Å². The highest BCUT2D eigenvalue weighted by molar-refractivity contribution is 6.99. The summed E-state index contributed by atoms with van der Waals surface area (Å²) in [5, 5.41) is 0. The van der Waals surface area contributed by atoms with Crippen LogP contribution >= 0.6 is 23.5 Å². The molecule has 12 heteroatoms. The second kappa shape index (κ2) is 19.8. The molecule has 0 aromatic carbocycles. The predicted molar refractivity (Wildman–Crippen MR) is 155 cm³/mol. The maximum Gasteiger partial charge on any atom is 0.253 e. The fourth-order valence-electron chi connectivity index (χ4n) is 5.22. The molecule has 2 atom stereocenters. The smallest absolute Gasteiger partial charge is 0.253 e. The lowest BCUT2D eigenvalue weighted by molar-refractivity contribution is -0.872. The number of hydrogen-bond acceptors (Lipinski definition) is 8. The van der Waals surface area contributed by atoms with Gasteiger partial charge in [0.25, 0.3) is 11.8 Å². The Hall–Kier alpha value is -1.30. The maximum absolute atomic E-state index is 5.99. The van der Waals surface area contributed by atoms with Crippen LogP contribution in [-0.2, 0) is 0 Å². The van der Waals surface area contributed by atoms with Crippen molar-refractivity contribution in [3.63, 3.8) is 0 Å². The fourth-order valence-corrected chi connectivity index (χ4v) is 6.28. The van der Waals surface area contributed by atoms with Crippen LogP contribution in [0.1, 0.15) is 88.4 Å². The summed E-state index contributed by atoms with van der Waals surface area (Å²) in [6.07, 6.45) is 19.3. The highest BCUT2D eigenvalue weighted by atomic mass is 35.5. The van der Waals surface area contributed by atoms with Gasteiger partial charge in [-0.2, -0.15) is 8.75 Å². The Bertz CT molecular complexity index is 952. The summed E-state index contributed by atoms with van der Waals surface area (Å²) in [7, 11) is 4.46. The third-order valence-electron chi connectivity index (χ3n) is 7.45. The van der Waals surface area contributed by atoms with Crippen molar-refractivity contribution in [2.24, 2.45) is 0 Å². The minimum atomic E-state index is 0. The van der Waals surface area contributed by atoms with Gasteiger partial charge in [0, 0.05) is 24.0 Å². The molecule has 4 rings (SSSR count). The van der Waals surface area contributed by atoms with Crippen LogP contribution in [0, 0.1) is 0 Å². The Labute approximate surface area is 261 Å². The molecule has 8 nitrogen and oxygen atoms in total. The van der Waals surface area contributed by atoms with Crippen LogP contribution in [0.25, 0.3) is 11.1 Å². The van der Waals surface area contributed by atoms with E-state index in [4.69, 9.17) is 9.47 Å². The Morgan fingerprint density at radius 2 is 0.975 bits per heavy atom. The molecule has 2 aliphatic rings. The molecule has 2 N–H and O–H groups in total. The molecule has 0 amide bonds. The number of halogens is 2. The van der Waals surface area contributed by atoms with E-state index in [9.17, 15) is 0 Å². The van der Waals surface area contributed by atoms with E-state index in [0.717, 1.165) is 75.1 Å². The van der Waals surface area contributed by atoms with Crippen molar-refractivity contribution in [2.45, 2.75) is 77.0 Å². The lowest BCUT2D eigenvalue weighted by atomic mass is 10.1. The van der Waals surface area contributed by atoms with E-state index in [-0.39, 0.29) is 24.8 Å². The Kier molecular flexibility index (Phi) is 17.2. The minimum absolute atomic E-state index is 0. The second-order valence-corrected chi connectivity index (χ2v) is 11.9. The third-order valence-corrected chi connectivity index (χ3v) is 8.47. The van der Waals surface area contributed by atoms with Gasteiger partial charge < -0.3 is 44.1 Å². The number of nitrogens with one attached hydrogen (secondary N) is 2. The fraction of sp³-hybridized carbons (Fsp3) is 0.714. The predicted octanol–water partition coefficient (Wildman–Crippen LogP) is -2.64. The van der Waals surface area contributed by atoms with Crippen LogP contribution in [0.5, 0.6) is 11.8 Å². The number of rotatable bonds is 17. The first kappa shape index (κ1) is 34.9. The van der Waals surface area contributed by atoms with Crippen LogP contribution in [-0.4, -0.2) is 71.0 Å². The second-order valence-electron chi connectivity index (χ2n) is 10.9. The Balaban J connectivity index is 0.00000280. The van der Waals surface area contributed by atoms with Gasteiger partial charge in [-0.1, -0.05) is 63.5 Å². The zero-order valence-corrected chi connectivity index (χ0v) is 27.2. The van der Waals surface area contributed by atoms with Gasteiger partial charge in [-0.15, -0.1) is 8.75 Å². The SMILES string of the molecule is C[NH+]1CCC=C(c2nsnc2OCCCCCCCCCCCCOc2nsnc2C2=CCC[NH+](C)C2)C1.[Cl-].[Cl-]. The van der Waals surface area contributed by atoms with E-state index < -0.39 is 0 Å². The number of nitrogens with zero attached hydrogens (tertiary/aromatic N) is 4. The minimum Gasteiger partial charge on any atom is -1.00 e. The first-order valence-electron chi connectivity index (χ1n) is 14.6. The normalized spacial score (nSPS) is 18.8. The molecule has 0 spiro atoms. The van der Waals surface area contributed by atoms with Gasteiger partial charge in [-0.05, 0) is 12.8 Å². The summed E-state index contributed by atoms with van der Waals surface area (Å²) < 4.78 is 29.8. The summed E-state index contributed by atoms with van der Waals surface area (Å²) in [6.45, 7) is 5.89. The molecule has 0 fully saturated rings. The highest BCUT2D eigenvalue weighted by Crippen LogP contribution is 2.25. The average molecular weight is 634 g/mol. The third kappa shape index (κ3) is 11.5. The monoisotopic (exact) mass is 632 g/mol. The van der Waals surface area contributed by atoms with Crippen molar-refractivity contribution >= 4 is 34.6 Å². The molecule has 40 heavy (non-hydrogen) atoms. The quantitative estimate of drug-likeness (QED) is 0.186. The number of hydrogen-bond donors (Lipinski definition) is 2.